The lowest BCUT2D eigenvalue weighted by Crippen LogP contribution is -2.35. The van der Waals surface area contributed by atoms with Crippen LogP contribution in [0.4, 0.5) is 16.0 Å². The molecular formula is C19H27FN6S. The normalized spacial score (nSPS) is 23.7. The SMILES string of the molecule is Cc1nc(CN2C[C@@H](F)C[C@H]2CNc2cc(N3CCCCC3)ncn2)cs1. The summed E-state index contributed by atoms with van der Waals surface area (Å²) in [5, 5.41) is 6.53. The number of alkyl halides is 1. The minimum absolute atomic E-state index is 0.149. The van der Waals surface area contributed by atoms with Gasteiger partial charge in [-0.05, 0) is 32.6 Å². The number of thiazole rings is 1. The highest BCUT2D eigenvalue weighted by molar-refractivity contribution is 7.09. The van der Waals surface area contributed by atoms with Crippen molar-refractivity contribution < 1.29 is 4.39 Å². The van der Waals surface area contributed by atoms with E-state index < -0.39 is 6.17 Å². The molecule has 8 heteroatoms. The lowest BCUT2D eigenvalue weighted by Gasteiger charge is -2.28. The summed E-state index contributed by atoms with van der Waals surface area (Å²) in [5.74, 6) is 1.80. The van der Waals surface area contributed by atoms with Crippen molar-refractivity contribution in [1.29, 1.82) is 0 Å². The van der Waals surface area contributed by atoms with Gasteiger partial charge in [-0.1, -0.05) is 0 Å². The third-order valence-corrected chi connectivity index (χ3v) is 6.18. The molecule has 2 saturated heterocycles. The minimum atomic E-state index is -0.772. The first-order valence-corrected chi connectivity index (χ1v) is 10.7. The Morgan fingerprint density at radius 1 is 1.26 bits per heavy atom. The van der Waals surface area contributed by atoms with Gasteiger partial charge in [0.1, 0.15) is 24.1 Å². The van der Waals surface area contributed by atoms with Crippen LogP contribution in [0.15, 0.2) is 17.8 Å². The second kappa shape index (κ2) is 8.48. The van der Waals surface area contributed by atoms with E-state index in [1.807, 2.05) is 13.0 Å². The molecule has 0 saturated carbocycles. The molecule has 2 aliphatic heterocycles. The molecular weight excluding hydrogens is 363 g/mol. The molecule has 27 heavy (non-hydrogen) atoms. The molecule has 2 aliphatic rings. The van der Waals surface area contributed by atoms with Crippen LogP contribution >= 0.6 is 11.3 Å². The molecule has 0 aromatic carbocycles. The molecule has 4 rings (SSSR count). The zero-order valence-corrected chi connectivity index (χ0v) is 16.6. The second-order valence-electron chi connectivity index (χ2n) is 7.46. The van der Waals surface area contributed by atoms with Crippen LogP contribution in [0.5, 0.6) is 0 Å². The van der Waals surface area contributed by atoms with Gasteiger partial charge in [0.05, 0.1) is 10.7 Å². The van der Waals surface area contributed by atoms with Crippen molar-refractivity contribution in [2.24, 2.45) is 0 Å². The van der Waals surface area contributed by atoms with Gasteiger partial charge in [-0.25, -0.2) is 19.3 Å². The van der Waals surface area contributed by atoms with Crippen molar-refractivity contribution >= 4 is 23.0 Å². The number of nitrogens with one attached hydrogen (secondary N) is 1. The van der Waals surface area contributed by atoms with Crippen molar-refractivity contribution in [1.82, 2.24) is 19.9 Å². The lowest BCUT2D eigenvalue weighted by atomic mass is 10.1. The molecule has 2 aromatic rings. The summed E-state index contributed by atoms with van der Waals surface area (Å²) in [6.45, 7) is 5.99. The van der Waals surface area contributed by atoms with Crippen molar-refractivity contribution in [2.75, 3.05) is 36.4 Å². The molecule has 0 bridgehead atoms. The van der Waals surface area contributed by atoms with Crippen LogP contribution in [-0.4, -0.2) is 58.2 Å². The number of hydrogen-bond acceptors (Lipinski definition) is 7. The monoisotopic (exact) mass is 390 g/mol. The Morgan fingerprint density at radius 2 is 2.11 bits per heavy atom. The van der Waals surface area contributed by atoms with Crippen molar-refractivity contribution in [2.45, 2.75) is 51.4 Å². The first kappa shape index (κ1) is 18.6. The predicted octanol–water partition coefficient (Wildman–Crippen LogP) is 3.26. The Kier molecular flexibility index (Phi) is 5.83. The lowest BCUT2D eigenvalue weighted by molar-refractivity contribution is 0.239. The zero-order chi connectivity index (χ0) is 18.6. The molecule has 146 valence electrons. The maximum atomic E-state index is 14.0. The van der Waals surface area contributed by atoms with E-state index in [0.717, 1.165) is 35.4 Å². The van der Waals surface area contributed by atoms with Crippen molar-refractivity contribution in [3.8, 4) is 0 Å². The van der Waals surface area contributed by atoms with E-state index in [4.69, 9.17) is 0 Å². The summed E-state index contributed by atoms with van der Waals surface area (Å²) in [5.41, 5.74) is 1.03. The number of likely N-dealkylation sites (tertiary alicyclic amines) is 1. The fourth-order valence-corrected chi connectivity index (χ4v) is 4.58. The molecule has 0 aliphatic carbocycles. The largest absolute Gasteiger partial charge is 0.368 e. The Hall–Kier alpha value is -1.80. The fourth-order valence-electron chi connectivity index (χ4n) is 3.98. The molecule has 0 radical (unpaired) electrons. The first-order valence-electron chi connectivity index (χ1n) is 9.77. The van der Waals surface area contributed by atoms with Crippen LogP contribution in [0.2, 0.25) is 0 Å². The quantitative estimate of drug-likeness (QED) is 0.817. The molecule has 0 spiro atoms. The number of halogens is 1. The van der Waals surface area contributed by atoms with E-state index in [-0.39, 0.29) is 6.04 Å². The van der Waals surface area contributed by atoms with Crippen LogP contribution in [0.3, 0.4) is 0 Å². The van der Waals surface area contributed by atoms with Gasteiger partial charge < -0.3 is 10.2 Å². The summed E-state index contributed by atoms with van der Waals surface area (Å²) in [6.07, 6.45) is 5.14. The number of aromatic nitrogens is 3. The molecule has 0 unspecified atom stereocenters. The van der Waals surface area contributed by atoms with Crippen LogP contribution in [-0.2, 0) is 6.54 Å². The van der Waals surface area contributed by atoms with Crippen molar-refractivity contribution in [3.05, 3.63) is 28.5 Å². The maximum absolute atomic E-state index is 14.0. The topological polar surface area (TPSA) is 57.2 Å². The highest BCUT2D eigenvalue weighted by Crippen LogP contribution is 2.24. The Morgan fingerprint density at radius 3 is 2.89 bits per heavy atom. The second-order valence-corrected chi connectivity index (χ2v) is 8.53. The van der Waals surface area contributed by atoms with Gasteiger partial charge in [-0.15, -0.1) is 11.3 Å². The molecule has 2 aromatic heterocycles. The fraction of sp³-hybridized carbons (Fsp3) is 0.632. The predicted molar refractivity (Wildman–Crippen MR) is 107 cm³/mol. The third kappa shape index (κ3) is 4.73. The smallest absolute Gasteiger partial charge is 0.134 e. The number of rotatable bonds is 6. The zero-order valence-electron chi connectivity index (χ0n) is 15.8. The van der Waals surface area contributed by atoms with Gasteiger partial charge in [-0.3, -0.25) is 4.90 Å². The van der Waals surface area contributed by atoms with Gasteiger partial charge in [-0.2, -0.15) is 0 Å². The summed E-state index contributed by atoms with van der Waals surface area (Å²) < 4.78 is 14.0. The number of aryl methyl sites for hydroxylation is 1. The molecule has 0 amide bonds. The van der Waals surface area contributed by atoms with E-state index in [1.54, 1.807) is 17.7 Å². The molecule has 2 fully saturated rings. The minimum Gasteiger partial charge on any atom is -0.368 e. The highest BCUT2D eigenvalue weighted by atomic mass is 32.1. The van der Waals surface area contributed by atoms with Crippen LogP contribution in [0.25, 0.3) is 0 Å². The molecule has 6 nitrogen and oxygen atoms in total. The van der Waals surface area contributed by atoms with Crippen LogP contribution < -0.4 is 10.2 Å². The average Bonchev–Trinajstić information content (AvgIpc) is 3.26. The van der Waals surface area contributed by atoms with Gasteiger partial charge in [0.2, 0.25) is 0 Å². The number of piperidine rings is 1. The van der Waals surface area contributed by atoms with Crippen molar-refractivity contribution in [3.63, 3.8) is 0 Å². The number of hydrogen-bond donors (Lipinski definition) is 1. The van der Waals surface area contributed by atoms with Gasteiger partial charge in [0.25, 0.3) is 0 Å². The number of nitrogens with zero attached hydrogens (tertiary/aromatic N) is 5. The summed E-state index contributed by atoms with van der Waals surface area (Å²) in [4.78, 5) is 17.8. The van der Waals surface area contributed by atoms with Gasteiger partial charge >= 0.3 is 0 Å². The molecule has 2 atom stereocenters. The van der Waals surface area contributed by atoms with E-state index in [9.17, 15) is 4.39 Å². The van der Waals surface area contributed by atoms with E-state index in [2.05, 4.69) is 35.4 Å². The highest BCUT2D eigenvalue weighted by Gasteiger charge is 2.32. The summed E-state index contributed by atoms with van der Waals surface area (Å²) >= 11 is 1.65. The molecule has 4 heterocycles. The maximum Gasteiger partial charge on any atom is 0.134 e. The Balaban J connectivity index is 1.36. The summed E-state index contributed by atoms with van der Waals surface area (Å²) in [7, 11) is 0. The molecule has 1 N–H and O–H groups in total. The third-order valence-electron chi connectivity index (χ3n) is 5.36. The van der Waals surface area contributed by atoms with Gasteiger partial charge in [0, 0.05) is 50.2 Å². The summed E-state index contributed by atoms with van der Waals surface area (Å²) in [6, 6.07) is 2.16. The van der Waals surface area contributed by atoms with E-state index in [1.165, 1.54) is 19.3 Å². The average molecular weight is 391 g/mol. The van der Waals surface area contributed by atoms with E-state index >= 15 is 0 Å². The Labute approximate surface area is 163 Å². The standard InChI is InChI=1S/C19H27FN6S/c1-14-24-16(12-27-14)11-26-10-15(20)7-17(26)9-21-18-8-19(23-13-22-18)25-5-3-2-4-6-25/h8,12-13,15,17H,2-7,9-11H2,1H3,(H,21,22,23)/t15-,17-/m0/s1. The van der Waals surface area contributed by atoms with E-state index in [0.29, 0.717) is 26.1 Å². The van der Waals surface area contributed by atoms with Crippen LogP contribution in [0.1, 0.15) is 36.4 Å². The Bertz CT molecular complexity index is 747. The van der Waals surface area contributed by atoms with Gasteiger partial charge in [0.15, 0.2) is 0 Å². The van der Waals surface area contributed by atoms with Crippen LogP contribution in [0, 0.1) is 6.92 Å². The first-order chi connectivity index (χ1) is 13.2. The number of anilines is 2.